The Bertz CT molecular complexity index is 682. The van der Waals surface area contributed by atoms with Crippen molar-refractivity contribution in [3.8, 4) is 0 Å². The van der Waals surface area contributed by atoms with Crippen molar-refractivity contribution in [1.82, 2.24) is 0 Å². The molecule has 4 nitrogen and oxygen atoms in total. The van der Waals surface area contributed by atoms with Crippen molar-refractivity contribution in [1.29, 1.82) is 0 Å². The summed E-state index contributed by atoms with van der Waals surface area (Å²) in [6.45, 7) is 3.90. The molecule has 0 rings (SSSR count). The summed E-state index contributed by atoms with van der Waals surface area (Å²) >= 11 is 0. The second-order valence-corrected chi connectivity index (χ2v) is 8.81. The first-order valence-electron chi connectivity index (χ1n) is 11.6. The molecule has 0 amide bonds. The maximum absolute atomic E-state index is 13.3. The average Bonchev–Trinajstić information content (AvgIpc) is 2.70. The third-order valence-corrected chi connectivity index (χ3v) is 5.12. The van der Waals surface area contributed by atoms with Gasteiger partial charge in [-0.3, -0.25) is 4.74 Å². The Morgan fingerprint density at radius 2 is 1.00 bits per heavy atom. The zero-order valence-electron chi connectivity index (χ0n) is 20.8. The quantitative estimate of drug-likeness (QED) is 0.0729. The Morgan fingerprint density at radius 1 is 0.605 bits per heavy atom. The summed E-state index contributed by atoms with van der Waals surface area (Å²) in [5.41, 5.74) is -0.386. The molecule has 0 fully saturated rings. The van der Waals surface area contributed by atoms with E-state index in [1.54, 1.807) is 12.2 Å². The predicted molar refractivity (Wildman–Crippen MR) is 115 cm³/mol. The molecular weight excluding hydrogens is 549 g/mol. The van der Waals surface area contributed by atoms with Gasteiger partial charge in [0.15, 0.2) is 0 Å². The SMILES string of the molecule is C=CCC(CC=C)(CCCCOCC(F)(F)OC(C)(F)F)CCCCOCC(F)(F)OC(F)(F)C(F)(F)F. The highest BCUT2D eigenvalue weighted by Gasteiger charge is 2.63. The van der Waals surface area contributed by atoms with E-state index in [0.717, 1.165) is 0 Å². The Kier molecular flexibility index (Phi) is 14.8. The fourth-order valence-corrected chi connectivity index (χ4v) is 3.59. The van der Waals surface area contributed by atoms with E-state index in [0.29, 0.717) is 44.9 Å². The lowest BCUT2D eigenvalue weighted by Crippen LogP contribution is -2.46. The Hall–Kier alpha value is -1.45. The van der Waals surface area contributed by atoms with Crippen LogP contribution in [-0.2, 0) is 18.9 Å². The van der Waals surface area contributed by atoms with Gasteiger partial charge in [-0.05, 0) is 43.9 Å². The average molecular weight is 582 g/mol. The lowest BCUT2D eigenvalue weighted by atomic mass is 9.73. The number of allylic oxidation sites excluding steroid dienone is 2. The summed E-state index contributed by atoms with van der Waals surface area (Å²) in [5, 5.41) is 0. The predicted octanol–water partition coefficient (Wildman–Crippen LogP) is 8.49. The first kappa shape index (κ1) is 36.5. The van der Waals surface area contributed by atoms with Crippen LogP contribution in [0.1, 0.15) is 58.3 Å². The molecule has 0 heterocycles. The van der Waals surface area contributed by atoms with Crippen LogP contribution in [0.25, 0.3) is 0 Å². The maximum Gasteiger partial charge on any atom is 0.483 e. The molecule has 0 saturated carbocycles. The molecule has 0 N–H and O–H groups in total. The summed E-state index contributed by atoms with van der Waals surface area (Å²) < 4.78 is 155. The van der Waals surface area contributed by atoms with Crippen LogP contribution in [0.3, 0.4) is 0 Å². The van der Waals surface area contributed by atoms with Gasteiger partial charge in [-0.15, -0.1) is 13.2 Å². The van der Waals surface area contributed by atoms with Gasteiger partial charge in [0.05, 0.1) is 0 Å². The zero-order valence-corrected chi connectivity index (χ0v) is 20.8. The van der Waals surface area contributed by atoms with Crippen molar-refractivity contribution < 1.29 is 67.2 Å². The van der Waals surface area contributed by atoms with Crippen LogP contribution in [0, 0.1) is 5.41 Å². The highest BCUT2D eigenvalue weighted by molar-refractivity contribution is 4.91. The van der Waals surface area contributed by atoms with Gasteiger partial charge < -0.3 is 9.47 Å². The van der Waals surface area contributed by atoms with E-state index in [9.17, 15) is 48.3 Å². The first-order valence-corrected chi connectivity index (χ1v) is 11.6. The third kappa shape index (κ3) is 15.8. The molecule has 0 aromatic rings. The van der Waals surface area contributed by atoms with Gasteiger partial charge in [-0.2, -0.15) is 48.3 Å². The van der Waals surface area contributed by atoms with Crippen LogP contribution in [0.2, 0.25) is 0 Å². The molecule has 226 valence electrons. The molecule has 15 heteroatoms. The minimum Gasteiger partial charge on any atom is -0.372 e. The molecule has 0 aromatic carbocycles. The summed E-state index contributed by atoms with van der Waals surface area (Å²) in [6.07, 6.45) is -18.7. The highest BCUT2D eigenvalue weighted by atomic mass is 19.4. The number of alkyl halides is 11. The van der Waals surface area contributed by atoms with Crippen molar-refractivity contribution in [2.45, 2.75) is 88.9 Å². The van der Waals surface area contributed by atoms with Crippen LogP contribution in [0.4, 0.5) is 48.3 Å². The molecule has 0 saturated heterocycles. The van der Waals surface area contributed by atoms with Gasteiger partial charge >= 0.3 is 30.6 Å². The lowest BCUT2D eigenvalue weighted by molar-refractivity contribution is -0.460. The fourth-order valence-electron chi connectivity index (χ4n) is 3.59. The standard InChI is InChI=1S/C23H33F11O4/c1-4-10-19(11-5-2,12-6-8-14-35-16-20(26,27)37-18(3,24)25)13-7-9-15-36-17-21(28,29)38-23(33,34)22(30,31)32/h4-5H,1-2,6-17H2,3H3. The van der Waals surface area contributed by atoms with Crippen molar-refractivity contribution in [3.63, 3.8) is 0 Å². The summed E-state index contributed by atoms with van der Waals surface area (Å²) in [4.78, 5) is 0. The van der Waals surface area contributed by atoms with Crippen LogP contribution in [-0.4, -0.2) is 57.0 Å². The molecular formula is C23H33F11O4. The van der Waals surface area contributed by atoms with E-state index in [1.165, 1.54) is 0 Å². The highest BCUT2D eigenvalue weighted by Crippen LogP contribution is 2.41. The van der Waals surface area contributed by atoms with Crippen molar-refractivity contribution in [2.24, 2.45) is 5.41 Å². The Balaban J connectivity index is 4.55. The smallest absolute Gasteiger partial charge is 0.372 e. The van der Waals surface area contributed by atoms with Gasteiger partial charge in [0.2, 0.25) is 0 Å². The summed E-state index contributed by atoms with van der Waals surface area (Å²) in [7, 11) is 0. The number of unbranched alkanes of at least 4 members (excludes halogenated alkanes) is 2. The monoisotopic (exact) mass is 582 g/mol. The molecule has 0 bridgehead atoms. The van der Waals surface area contributed by atoms with E-state index in [4.69, 9.17) is 4.74 Å². The fraction of sp³-hybridized carbons (Fsp3) is 0.826. The zero-order chi connectivity index (χ0) is 29.7. The van der Waals surface area contributed by atoms with E-state index in [1.807, 2.05) is 0 Å². The summed E-state index contributed by atoms with van der Waals surface area (Å²) in [5.74, 6) is 0. The van der Waals surface area contributed by atoms with Gasteiger partial charge in [0.1, 0.15) is 13.2 Å². The maximum atomic E-state index is 13.3. The van der Waals surface area contributed by atoms with Gasteiger partial charge in [-0.1, -0.05) is 25.0 Å². The van der Waals surface area contributed by atoms with Crippen molar-refractivity contribution >= 4 is 0 Å². The van der Waals surface area contributed by atoms with Crippen LogP contribution >= 0.6 is 0 Å². The molecule has 0 unspecified atom stereocenters. The third-order valence-electron chi connectivity index (χ3n) is 5.12. The molecule has 0 aliphatic heterocycles. The number of ether oxygens (including phenoxy) is 4. The number of hydrogen-bond donors (Lipinski definition) is 0. The Labute approximate surface area is 214 Å². The summed E-state index contributed by atoms with van der Waals surface area (Å²) in [6, 6.07) is 0. The van der Waals surface area contributed by atoms with Crippen LogP contribution in [0.5, 0.6) is 0 Å². The number of rotatable bonds is 22. The second kappa shape index (κ2) is 15.4. The van der Waals surface area contributed by atoms with Gasteiger partial charge in [-0.25, -0.2) is 4.74 Å². The minimum absolute atomic E-state index is 0.149. The molecule has 0 spiro atoms. The van der Waals surface area contributed by atoms with Crippen molar-refractivity contribution in [3.05, 3.63) is 25.3 Å². The number of hydrogen-bond acceptors (Lipinski definition) is 4. The number of halogens is 11. The normalized spacial score (nSPS) is 14.1. The second-order valence-electron chi connectivity index (χ2n) is 8.81. The van der Waals surface area contributed by atoms with E-state index in [2.05, 4.69) is 27.4 Å². The van der Waals surface area contributed by atoms with Crippen LogP contribution < -0.4 is 0 Å². The lowest BCUT2D eigenvalue weighted by Gasteiger charge is -2.32. The molecule has 0 aliphatic rings. The van der Waals surface area contributed by atoms with Gasteiger partial charge in [0.25, 0.3) is 0 Å². The molecule has 0 atom stereocenters. The van der Waals surface area contributed by atoms with E-state index in [-0.39, 0.29) is 32.0 Å². The molecule has 38 heavy (non-hydrogen) atoms. The van der Waals surface area contributed by atoms with Gasteiger partial charge in [0, 0.05) is 20.1 Å². The van der Waals surface area contributed by atoms with Crippen molar-refractivity contribution in [2.75, 3.05) is 26.4 Å². The van der Waals surface area contributed by atoms with Crippen LogP contribution in [0.15, 0.2) is 25.3 Å². The molecule has 0 radical (unpaired) electrons. The molecule has 0 aliphatic carbocycles. The molecule has 0 aromatic heterocycles. The minimum atomic E-state index is -6.31. The largest absolute Gasteiger partial charge is 0.483 e. The first-order chi connectivity index (χ1) is 17.2. The van der Waals surface area contributed by atoms with E-state index < -0.39 is 43.8 Å². The topological polar surface area (TPSA) is 36.9 Å². The van der Waals surface area contributed by atoms with E-state index >= 15 is 0 Å². The Morgan fingerprint density at radius 3 is 1.34 bits per heavy atom.